The number of ether oxygens (including phenoxy) is 1. The summed E-state index contributed by atoms with van der Waals surface area (Å²) < 4.78 is 7.65. The Morgan fingerprint density at radius 1 is 1.28 bits per heavy atom. The molecule has 3 heterocycles. The number of rotatable bonds is 6. The lowest BCUT2D eigenvalue weighted by atomic mass is 9.97. The van der Waals surface area contributed by atoms with Gasteiger partial charge < -0.3 is 4.74 Å². The third-order valence-corrected chi connectivity index (χ3v) is 8.65. The van der Waals surface area contributed by atoms with E-state index in [9.17, 15) is 10.1 Å². The molecule has 2 aliphatic rings. The highest BCUT2D eigenvalue weighted by molar-refractivity contribution is 8.00. The van der Waals surface area contributed by atoms with E-state index in [-0.39, 0.29) is 16.9 Å². The molecule has 0 N–H and O–H groups in total. The van der Waals surface area contributed by atoms with Gasteiger partial charge in [0.05, 0.1) is 24.1 Å². The summed E-state index contributed by atoms with van der Waals surface area (Å²) in [6.45, 7) is 3.32. The van der Waals surface area contributed by atoms with Gasteiger partial charge in [-0.3, -0.25) is 9.36 Å². The molecule has 0 bridgehead atoms. The van der Waals surface area contributed by atoms with Gasteiger partial charge in [0.2, 0.25) is 0 Å². The van der Waals surface area contributed by atoms with E-state index in [0.29, 0.717) is 18.1 Å². The fourth-order valence-corrected chi connectivity index (χ4v) is 6.96. The normalized spacial score (nSPS) is 19.1. The topological polar surface area (TPSA) is 67.9 Å². The smallest absolute Gasteiger partial charge is 0.263 e. The molecule has 0 spiro atoms. The summed E-state index contributed by atoms with van der Waals surface area (Å²) in [5.41, 5.74) is 3.58. The fraction of sp³-hybridized carbons (Fsp3) is 0.480. The monoisotopic (exact) mass is 465 g/mol. The van der Waals surface area contributed by atoms with Gasteiger partial charge in [-0.2, -0.15) is 5.26 Å². The third kappa shape index (κ3) is 4.36. The first-order valence-electron chi connectivity index (χ1n) is 11.4. The number of hydrogen-bond donors (Lipinski definition) is 0. The highest BCUT2D eigenvalue weighted by atomic mass is 32.2. The number of benzene rings is 1. The summed E-state index contributed by atoms with van der Waals surface area (Å²) in [7, 11) is 0. The third-order valence-electron chi connectivity index (χ3n) is 6.38. The van der Waals surface area contributed by atoms with E-state index in [1.807, 2.05) is 0 Å². The van der Waals surface area contributed by atoms with E-state index < -0.39 is 0 Å². The van der Waals surface area contributed by atoms with Gasteiger partial charge >= 0.3 is 0 Å². The lowest BCUT2D eigenvalue weighted by Crippen LogP contribution is -2.29. The SMILES string of the molecule is Cc1ccc(CC(C#N)Sc2nc3sc4c(c3c(=O)n2CC2CCCO2)CCCC4)cc1. The van der Waals surface area contributed by atoms with E-state index >= 15 is 0 Å². The largest absolute Gasteiger partial charge is 0.376 e. The predicted molar refractivity (Wildman–Crippen MR) is 130 cm³/mol. The summed E-state index contributed by atoms with van der Waals surface area (Å²) in [5, 5.41) is 11.0. The van der Waals surface area contributed by atoms with Crippen LogP contribution in [0.3, 0.4) is 0 Å². The first-order valence-corrected chi connectivity index (χ1v) is 13.1. The van der Waals surface area contributed by atoms with Crippen molar-refractivity contribution >= 4 is 33.3 Å². The second-order valence-corrected chi connectivity index (χ2v) is 11.0. The van der Waals surface area contributed by atoms with E-state index in [1.54, 1.807) is 15.9 Å². The molecule has 0 amide bonds. The Kier molecular flexibility index (Phi) is 6.36. The van der Waals surface area contributed by atoms with Crippen LogP contribution in [0.2, 0.25) is 0 Å². The molecule has 2 atom stereocenters. The van der Waals surface area contributed by atoms with Gasteiger partial charge in [-0.05, 0) is 63.0 Å². The second kappa shape index (κ2) is 9.38. The molecule has 5 rings (SSSR count). The van der Waals surface area contributed by atoms with Crippen LogP contribution < -0.4 is 5.56 Å². The zero-order valence-corrected chi connectivity index (χ0v) is 19.9. The number of aryl methyl sites for hydroxylation is 3. The van der Waals surface area contributed by atoms with Gasteiger partial charge in [0.15, 0.2) is 5.16 Å². The summed E-state index contributed by atoms with van der Waals surface area (Å²) in [6.07, 6.45) is 6.97. The van der Waals surface area contributed by atoms with Crippen LogP contribution in [-0.4, -0.2) is 27.5 Å². The van der Waals surface area contributed by atoms with Crippen LogP contribution in [-0.2, 0) is 30.5 Å². The first kappa shape index (κ1) is 21.7. The van der Waals surface area contributed by atoms with Crippen molar-refractivity contribution in [3.05, 3.63) is 56.2 Å². The Hall–Kier alpha value is -2.14. The van der Waals surface area contributed by atoms with Crippen molar-refractivity contribution in [3.8, 4) is 6.07 Å². The minimum absolute atomic E-state index is 0.0402. The van der Waals surface area contributed by atoms with Crippen molar-refractivity contribution in [3.63, 3.8) is 0 Å². The van der Waals surface area contributed by atoms with Crippen molar-refractivity contribution in [2.24, 2.45) is 0 Å². The Labute approximate surface area is 196 Å². The molecule has 1 aliphatic heterocycles. The van der Waals surface area contributed by atoms with Crippen LogP contribution in [0, 0.1) is 18.3 Å². The molecule has 2 unspecified atom stereocenters. The van der Waals surface area contributed by atoms with Crippen LogP contribution in [0.4, 0.5) is 0 Å². The molecule has 32 heavy (non-hydrogen) atoms. The van der Waals surface area contributed by atoms with E-state index in [0.717, 1.165) is 54.5 Å². The van der Waals surface area contributed by atoms with Gasteiger partial charge in [-0.25, -0.2) is 4.98 Å². The van der Waals surface area contributed by atoms with Crippen molar-refractivity contribution in [2.45, 2.75) is 74.9 Å². The minimum Gasteiger partial charge on any atom is -0.376 e. The summed E-state index contributed by atoms with van der Waals surface area (Å²) in [4.78, 5) is 20.8. The maximum Gasteiger partial charge on any atom is 0.263 e. The van der Waals surface area contributed by atoms with Crippen LogP contribution in [0.15, 0.2) is 34.2 Å². The van der Waals surface area contributed by atoms with Gasteiger partial charge in [0.1, 0.15) is 10.1 Å². The van der Waals surface area contributed by atoms with E-state index in [1.165, 1.54) is 34.2 Å². The molecule has 3 aromatic rings. The number of thiophene rings is 1. The zero-order chi connectivity index (χ0) is 22.1. The Bertz CT molecular complexity index is 1220. The molecule has 7 heteroatoms. The van der Waals surface area contributed by atoms with Crippen LogP contribution in [0.1, 0.15) is 47.3 Å². The Morgan fingerprint density at radius 2 is 2.09 bits per heavy atom. The van der Waals surface area contributed by atoms with E-state index in [2.05, 4.69) is 37.3 Å². The quantitative estimate of drug-likeness (QED) is 0.376. The molecular weight excluding hydrogens is 438 g/mol. The molecule has 5 nitrogen and oxygen atoms in total. The molecular formula is C25H27N3O2S2. The zero-order valence-electron chi connectivity index (χ0n) is 18.3. The maximum atomic E-state index is 13.7. The second-order valence-electron chi connectivity index (χ2n) is 8.76. The molecule has 2 aromatic heterocycles. The molecule has 0 saturated carbocycles. The van der Waals surface area contributed by atoms with Gasteiger partial charge in [-0.15, -0.1) is 11.3 Å². The number of thioether (sulfide) groups is 1. The highest BCUT2D eigenvalue weighted by Gasteiger charge is 2.26. The summed E-state index contributed by atoms with van der Waals surface area (Å²) in [6, 6.07) is 10.7. The molecule has 166 valence electrons. The van der Waals surface area contributed by atoms with Crippen molar-refractivity contribution in [1.29, 1.82) is 5.26 Å². The molecule has 1 aliphatic carbocycles. The van der Waals surface area contributed by atoms with E-state index in [4.69, 9.17) is 9.72 Å². The molecule has 0 radical (unpaired) electrons. The predicted octanol–water partition coefficient (Wildman–Crippen LogP) is 5.05. The van der Waals surface area contributed by atoms with Gasteiger partial charge in [0.25, 0.3) is 5.56 Å². The van der Waals surface area contributed by atoms with Crippen molar-refractivity contribution < 1.29 is 4.74 Å². The fourth-order valence-electron chi connectivity index (χ4n) is 4.64. The number of nitriles is 1. The molecule has 1 saturated heterocycles. The summed E-state index contributed by atoms with van der Waals surface area (Å²) in [5.74, 6) is 0. The number of nitrogens with zero attached hydrogens (tertiary/aromatic N) is 3. The van der Waals surface area contributed by atoms with Gasteiger partial charge in [-0.1, -0.05) is 41.6 Å². The number of fused-ring (bicyclic) bond motifs is 3. The van der Waals surface area contributed by atoms with Crippen molar-refractivity contribution in [1.82, 2.24) is 9.55 Å². The Morgan fingerprint density at radius 3 is 2.84 bits per heavy atom. The summed E-state index contributed by atoms with van der Waals surface area (Å²) >= 11 is 3.08. The van der Waals surface area contributed by atoms with Gasteiger partial charge in [0, 0.05) is 11.5 Å². The Balaban J connectivity index is 1.53. The average molecular weight is 466 g/mol. The molecule has 1 aromatic carbocycles. The lowest BCUT2D eigenvalue weighted by Gasteiger charge is -2.18. The molecule has 1 fully saturated rings. The standard InChI is InChI=1S/C25H27N3O2S2/c1-16-8-10-17(11-9-16)13-19(14-26)31-25-27-23-22(20-6-2-3-7-21(20)32-23)24(29)28(25)15-18-5-4-12-30-18/h8-11,18-19H,2-7,12-13,15H2,1H3. The highest BCUT2D eigenvalue weighted by Crippen LogP contribution is 2.35. The number of hydrogen-bond acceptors (Lipinski definition) is 6. The van der Waals surface area contributed by atoms with Crippen molar-refractivity contribution in [2.75, 3.05) is 6.61 Å². The first-order chi connectivity index (χ1) is 15.6. The lowest BCUT2D eigenvalue weighted by molar-refractivity contribution is 0.0937. The minimum atomic E-state index is -0.313. The average Bonchev–Trinajstić information content (AvgIpc) is 3.44. The number of aromatic nitrogens is 2. The van der Waals surface area contributed by atoms with Crippen LogP contribution >= 0.6 is 23.1 Å². The maximum absolute atomic E-state index is 13.7. The van der Waals surface area contributed by atoms with Crippen LogP contribution in [0.5, 0.6) is 0 Å². The van der Waals surface area contributed by atoms with Crippen LogP contribution in [0.25, 0.3) is 10.2 Å².